The number of fused-ring (bicyclic) bond motifs is 1. The van der Waals surface area contributed by atoms with Crippen LogP contribution in [0.3, 0.4) is 0 Å². The first kappa shape index (κ1) is 19.4. The summed E-state index contributed by atoms with van der Waals surface area (Å²) in [5, 5.41) is 9.61. The average molecular weight is 434 g/mol. The normalized spacial score (nSPS) is 13.4. The van der Waals surface area contributed by atoms with E-state index in [1.54, 1.807) is 7.05 Å². The highest BCUT2D eigenvalue weighted by molar-refractivity contribution is 9.10. The Morgan fingerprint density at radius 3 is 2.59 bits per heavy atom. The summed E-state index contributed by atoms with van der Waals surface area (Å²) < 4.78 is 2.71. The number of carbonyl (C=O) groups is 2. The smallest absolute Gasteiger partial charge is 0.320 e. The molecule has 1 aliphatic heterocycles. The number of amides is 2. The van der Waals surface area contributed by atoms with Crippen molar-refractivity contribution in [1.29, 1.82) is 0 Å². The molecule has 3 rings (SSSR count). The van der Waals surface area contributed by atoms with Crippen LogP contribution in [0.15, 0.2) is 28.7 Å². The molecule has 0 bridgehead atoms. The molecule has 0 fully saturated rings. The number of benzene rings is 1. The third-order valence-corrected chi connectivity index (χ3v) is 4.70. The Hall–Kier alpha value is -2.35. The molecule has 144 valence electrons. The molecule has 0 spiro atoms. The van der Waals surface area contributed by atoms with Gasteiger partial charge in [-0.2, -0.15) is 5.10 Å². The first-order valence-corrected chi connectivity index (χ1v) is 9.63. The predicted molar refractivity (Wildman–Crippen MR) is 110 cm³/mol. The van der Waals surface area contributed by atoms with Gasteiger partial charge < -0.3 is 10.2 Å². The van der Waals surface area contributed by atoms with E-state index in [0.717, 1.165) is 22.5 Å². The number of Topliss-reactive ketones (excluding diaryl/α,β-unsaturated/α-hetero) is 1. The number of hydrogen-bond acceptors (Lipinski definition) is 4. The number of nitrogens with zero attached hydrogens (tertiary/aromatic N) is 3. The molecule has 0 aliphatic carbocycles. The van der Waals surface area contributed by atoms with Crippen LogP contribution in [0.1, 0.15) is 37.6 Å². The van der Waals surface area contributed by atoms with Gasteiger partial charge in [0.25, 0.3) is 0 Å². The fourth-order valence-electron chi connectivity index (χ4n) is 3.07. The Labute approximate surface area is 167 Å². The van der Waals surface area contributed by atoms with Gasteiger partial charge in [-0.1, -0.05) is 36.7 Å². The molecule has 2 N–H and O–H groups in total. The third kappa shape index (κ3) is 4.50. The van der Waals surface area contributed by atoms with Crippen LogP contribution in [0.2, 0.25) is 0 Å². The van der Waals surface area contributed by atoms with Crippen molar-refractivity contribution in [3.8, 4) is 0 Å². The zero-order valence-electron chi connectivity index (χ0n) is 16.0. The van der Waals surface area contributed by atoms with Gasteiger partial charge in [0.05, 0.1) is 6.54 Å². The van der Waals surface area contributed by atoms with E-state index < -0.39 is 0 Å². The number of rotatable bonds is 4. The lowest BCUT2D eigenvalue weighted by Gasteiger charge is -2.20. The molecule has 1 aliphatic rings. The van der Waals surface area contributed by atoms with E-state index in [2.05, 4.69) is 57.3 Å². The van der Waals surface area contributed by atoms with Crippen LogP contribution in [0.5, 0.6) is 0 Å². The fourth-order valence-corrected chi connectivity index (χ4v) is 3.56. The van der Waals surface area contributed by atoms with Crippen LogP contribution < -0.4 is 15.5 Å². The second-order valence-electron chi connectivity index (χ2n) is 7.83. The van der Waals surface area contributed by atoms with Crippen LogP contribution in [-0.4, -0.2) is 35.2 Å². The Morgan fingerprint density at radius 1 is 1.19 bits per heavy atom. The monoisotopic (exact) mass is 433 g/mol. The van der Waals surface area contributed by atoms with Gasteiger partial charge in [0.1, 0.15) is 5.82 Å². The molecule has 1 aromatic heterocycles. The topological polar surface area (TPSA) is 79.3 Å². The van der Waals surface area contributed by atoms with Gasteiger partial charge in [-0.15, -0.1) is 0 Å². The first-order chi connectivity index (χ1) is 12.7. The molecule has 0 saturated carbocycles. The Balaban J connectivity index is 1.88. The molecule has 8 heteroatoms. The second-order valence-corrected chi connectivity index (χ2v) is 8.74. The van der Waals surface area contributed by atoms with E-state index in [9.17, 15) is 9.59 Å². The summed E-state index contributed by atoms with van der Waals surface area (Å²) in [4.78, 5) is 26.3. The van der Waals surface area contributed by atoms with E-state index >= 15 is 0 Å². The van der Waals surface area contributed by atoms with Crippen molar-refractivity contribution < 1.29 is 9.59 Å². The van der Waals surface area contributed by atoms with Crippen molar-refractivity contribution in [1.82, 2.24) is 15.1 Å². The molecule has 0 unspecified atom stereocenters. The summed E-state index contributed by atoms with van der Waals surface area (Å²) in [5.41, 5.74) is 1.55. The number of halogens is 1. The molecule has 7 nitrogen and oxygen atoms in total. The van der Waals surface area contributed by atoms with E-state index in [0.29, 0.717) is 24.3 Å². The minimum absolute atomic E-state index is 0.0632. The Kier molecular flexibility index (Phi) is 5.28. The quantitative estimate of drug-likeness (QED) is 0.709. The predicted octanol–water partition coefficient (Wildman–Crippen LogP) is 4.17. The molecular weight excluding hydrogens is 410 g/mol. The summed E-state index contributed by atoms with van der Waals surface area (Å²) in [6.45, 7) is 7.64. The highest BCUT2D eigenvalue weighted by atomic mass is 79.9. The van der Waals surface area contributed by atoms with Crippen molar-refractivity contribution in [3.05, 3.63) is 34.3 Å². The molecule has 0 atom stereocenters. The molecule has 0 saturated heterocycles. The van der Waals surface area contributed by atoms with Gasteiger partial charge >= 0.3 is 6.03 Å². The van der Waals surface area contributed by atoms with E-state index in [1.165, 1.54) is 0 Å². The maximum Gasteiger partial charge on any atom is 0.320 e. The summed E-state index contributed by atoms with van der Waals surface area (Å²) in [7, 11) is 1.56. The van der Waals surface area contributed by atoms with Crippen LogP contribution in [0.25, 0.3) is 0 Å². The molecule has 2 heterocycles. The standard InChI is InChI=1S/C19H24BrN5O2/c1-19(2,3)11-15(26)12-7-13(20)9-14(8-12)24-5-6-25-17(24)10-16(23-25)22-18(27)21-4/h7-10H,5-6,11H2,1-4H3,(H2,21,22,23,27). The Bertz CT molecular complexity index is 885. The summed E-state index contributed by atoms with van der Waals surface area (Å²) >= 11 is 3.53. The van der Waals surface area contributed by atoms with E-state index in [-0.39, 0.29) is 17.2 Å². The highest BCUT2D eigenvalue weighted by Gasteiger charge is 2.25. The lowest BCUT2D eigenvalue weighted by Crippen LogP contribution is -2.24. The van der Waals surface area contributed by atoms with Crippen LogP contribution >= 0.6 is 15.9 Å². The van der Waals surface area contributed by atoms with E-state index in [4.69, 9.17) is 0 Å². The highest BCUT2D eigenvalue weighted by Crippen LogP contribution is 2.35. The summed E-state index contributed by atoms with van der Waals surface area (Å²) in [6.07, 6.45) is 0.487. The maximum absolute atomic E-state index is 12.7. The van der Waals surface area contributed by atoms with Gasteiger partial charge in [0, 0.05) is 41.8 Å². The lowest BCUT2D eigenvalue weighted by molar-refractivity contribution is 0.0940. The molecule has 27 heavy (non-hydrogen) atoms. The van der Waals surface area contributed by atoms with Crippen molar-refractivity contribution in [2.75, 3.05) is 23.8 Å². The Morgan fingerprint density at radius 2 is 1.93 bits per heavy atom. The number of carbonyl (C=O) groups excluding carboxylic acids is 2. The maximum atomic E-state index is 12.7. The second kappa shape index (κ2) is 7.34. The molecular formula is C19H24BrN5O2. The van der Waals surface area contributed by atoms with Crippen LogP contribution in [0, 0.1) is 5.41 Å². The van der Waals surface area contributed by atoms with Crippen molar-refractivity contribution >= 4 is 45.1 Å². The minimum atomic E-state index is -0.309. The number of urea groups is 1. The van der Waals surface area contributed by atoms with E-state index in [1.807, 2.05) is 28.9 Å². The average Bonchev–Trinajstić information content (AvgIpc) is 3.12. The number of aromatic nitrogens is 2. The van der Waals surface area contributed by atoms with Gasteiger partial charge in [0.2, 0.25) is 0 Å². The SMILES string of the molecule is CNC(=O)Nc1cc2n(n1)CCN2c1cc(Br)cc(C(=O)CC(C)(C)C)c1. The van der Waals surface area contributed by atoms with Crippen molar-refractivity contribution in [2.24, 2.45) is 5.41 Å². The van der Waals surface area contributed by atoms with Crippen LogP contribution in [-0.2, 0) is 6.54 Å². The van der Waals surface area contributed by atoms with Crippen LogP contribution in [0.4, 0.5) is 22.1 Å². The van der Waals surface area contributed by atoms with Gasteiger partial charge in [-0.05, 0) is 23.6 Å². The molecule has 2 aromatic rings. The minimum Gasteiger partial charge on any atom is -0.341 e. The molecule has 1 aromatic carbocycles. The number of anilines is 3. The zero-order valence-corrected chi connectivity index (χ0v) is 17.6. The fraction of sp³-hybridized carbons (Fsp3) is 0.421. The third-order valence-electron chi connectivity index (χ3n) is 4.25. The zero-order chi connectivity index (χ0) is 19.8. The van der Waals surface area contributed by atoms with Crippen molar-refractivity contribution in [2.45, 2.75) is 33.7 Å². The summed E-state index contributed by atoms with van der Waals surface area (Å²) in [5.74, 6) is 1.50. The largest absolute Gasteiger partial charge is 0.341 e. The first-order valence-electron chi connectivity index (χ1n) is 8.84. The summed E-state index contributed by atoms with van der Waals surface area (Å²) in [6, 6.07) is 7.30. The lowest BCUT2D eigenvalue weighted by atomic mass is 9.88. The van der Waals surface area contributed by atoms with Gasteiger partial charge in [-0.25, -0.2) is 9.48 Å². The number of nitrogens with one attached hydrogen (secondary N) is 2. The van der Waals surface area contributed by atoms with Gasteiger partial charge in [-0.3, -0.25) is 10.1 Å². The molecule has 0 radical (unpaired) electrons. The van der Waals surface area contributed by atoms with Crippen molar-refractivity contribution in [3.63, 3.8) is 0 Å². The van der Waals surface area contributed by atoms with Gasteiger partial charge in [0.15, 0.2) is 11.6 Å². The number of hydrogen-bond donors (Lipinski definition) is 2. The number of ketones is 1. The molecule has 2 amide bonds.